The van der Waals surface area contributed by atoms with E-state index in [4.69, 9.17) is 0 Å². The first-order valence-corrected chi connectivity index (χ1v) is 7.80. The predicted octanol–water partition coefficient (Wildman–Crippen LogP) is 0.0282. The summed E-state index contributed by atoms with van der Waals surface area (Å²) >= 11 is 0. The third-order valence-corrected chi connectivity index (χ3v) is 5.97. The van der Waals surface area contributed by atoms with Crippen LogP contribution in [0.4, 0.5) is 0 Å². The van der Waals surface area contributed by atoms with Crippen molar-refractivity contribution < 1.29 is 8.42 Å². The minimum Gasteiger partial charge on any atom is -0.316 e. The molecule has 0 radical (unpaired) electrons. The Kier molecular flexibility index (Phi) is 2.91. The Labute approximate surface area is 107 Å². The summed E-state index contributed by atoms with van der Waals surface area (Å²) in [5.74, 6) is 0.903. The zero-order chi connectivity index (χ0) is 12.8. The molecule has 0 amide bonds. The molecular formula is C11H18N4O2S. The van der Waals surface area contributed by atoms with E-state index in [1.807, 2.05) is 0 Å². The number of fused-ring (bicyclic) bond motifs is 1. The highest BCUT2D eigenvalue weighted by Gasteiger charge is 2.48. The topological polar surface area (TPSA) is 78.1 Å². The molecule has 0 bridgehead atoms. The summed E-state index contributed by atoms with van der Waals surface area (Å²) in [5, 5.41) is 9.87. The Morgan fingerprint density at radius 3 is 3.00 bits per heavy atom. The SMILES string of the molecule is CCC1C2CNCC2CN1S(=O)(=O)c1ccn[nH]1. The fourth-order valence-corrected chi connectivity index (χ4v) is 4.98. The third kappa shape index (κ3) is 1.69. The molecule has 0 spiro atoms. The van der Waals surface area contributed by atoms with E-state index in [9.17, 15) is 8.42 Å². The normalized spacial score (nSPS) is 32.8. The molecule has 18 heavy (non-hydrogen) atoms. The minimum absolute atomic E-state index is 0.110. The van der Waals surface area contributed by atoms with Crippen molar-refractivity contribution in [2.45, 2.75) is 24.4 Å². The largest absolute Gasteiger partial charge is 0.316 e. The number of aromatic amines is 1. The molecule has 7 heteroatoms. The van der Waals surface area contributed by atoms with Gasteiger partial charge in [0.25, 0.3) is 10.0 Å². The van der Waals surface area contributed by atoms with Gasteiger partial charge in [-0.3, -0.25) is 5.10 Å². The van der Waals surface area contributed by atoms with Gasteiger partial charge in [0.15, 0.2) is 5.03 Å². The average Bonchev–Trinajstić information content (AvgIpc) is 3.05. The van der Waals surface area contributed by atoms with Crippen molar-refractivity contribution in [3.8, 4) is 0 Å². The minimum atomic E-state index is -3.41. The molecular weight excluding hydrogens is 252 g/mol. The summed E-state index contributed by atoms with van der Waals surface area (Å²) in [5.41, 5.74) is 0. The molecule has 2 saturated heterocycles. The van der Waals surface area contributed by atoms with Crippen LogP contribution < -0.4 is 5.32 Å². The first kappa shape index (κ1) is 12.1. The van der Waals surface area contributed by atoms with Crippen LogP contribution in [-0.4, -0.2) is 48.6 Å². The second-order valence-corrected chi connectivity index (χ2v) is 6.91. The Balaban J connectivity index is 1.93. The van der Waals surface area contributed by atoms with Gasteiger partial charge >= 0.3 is 0 Å². The molecule has 0 saturated carbocycles. The lowest BCUT2D eigenvalue weighted by molar-refractivity contribution is 0.328. The molecule has 1 aromatic heterocycles. The molecule has 3 unspecified atom stereocenters. The van der Waals surface area contributed by atoms with Crippen LogP contribution in [0.25, 0.3) is 0 Å². The number of hydrogen-bond donors (Lipinski definition) is 2. The van der Waals surface area contributed by atoms with Crippen LogP contribution in [0.5, 0.6) is 0 Å². The van der Waals surface area contributed by atoms with E-state index in [-0.39, 0.29) is 11.1 Å². The summed E-state index contributed by atoms with van der Waals surface area (Å²) in [7, 11) is -3.41. The Hall–Kier alpha value is -0.920. The summed E-state index contributed by atoms with van der Waals surface area (Å²) in [4.78, 5) is 0. The number of hydrogen-bond acceptors (Lipinski definition) is 4. The summed E-state index contributed by atoms with van der Waals surface area (Å²) < 4.78 is 26.7. The summed E-state index contributed by atoms with van der Waals surface area (Å²) in [6.45, 7) is 4.53. The maximum Gasteiger partial charge on any atom is 0.260 e. The van der Waals surface area contributed by atoms with Gasteiger partial charge in [0, 0.05) is 12.6 Å². The highest BCUT2D eigenvalue weighted by molar-refractivity contribution is 7.89. The summed E-state index contributed by atoms with van der Waals surface area (Å²) in [6.07, 6.45) is 2.34. The fourth-order valence-electron chi connectivity index (χ4n) is 3.28. The molecule has 2 N–H and O–H groups in total. The van der Waals surface area contributed by atoms with Crippen LogP contribution in [0.2, 0.25) is 0 Å². The van der Waals surface area contributed by atoms with Crippen LogP contribution in [0.1, 0.15) is 13.3 Å². The van der Waals surface area contributed by atoms with Crippen molar-refractivity contribution in [2.24, 2.45) is 11.8 Å². The highest BCUT2D eigenvalue weighted by atomic mass is 32.2. The first-order chi connectivity index (χ1) is 8.64. The van der Waals surface area contributed by atoms with E-state index in [1.165, 1.54) is 12.3 Å². The zero-order valence-corrected chi connectivity index (χ0v) is 11.2. The standard InChI is InChI=1S/C11H18N4O2S/c1-2-10-9-6-12-5-8(9)7-15(10)18(16,17)11-3-4-13-14-11/h3-4,8-10,12H,2,5-7H2,1H3,(H,13,14). The van der Waals surface area contributed by atoms with Crippen molar-refractivity contribution >= 4 is 10.0 Å². The summed E-state index contributed by atoms with van der Waals surface area (Å²) in [6, 6.07) is 1.63. The van der Waals surface area contributed by atoms with Crippen molar-refractivity contribution in [3.05, 3.63) is 12.3 Å². The van der Waals surface area contributed by atoms with E-state index < -0.39 is 10.0 Å². The monoisotopic (exact) mass is 270 g/mol. The lowest BCUT2D eigenvalue weighted by Crippen LogP contribution is -2.39. The van der Waals surface area contributed by atoms with E-state index in [1.54, 1.807) is 4.31 Å². The lowest BCUT2D eigenvalue weighted by Gasteiger charge is -2.25. The van der Waals surface area contributed by atoms with Gasteiger partial charge in [0.1, 0.15) is 0 Å². The van der Waals surface area contributed by atoms with E-state index >= 15 is 0 Å². The Bertz CT molecular complexity index is 513. The number of aromatic nitrogens is 2. The first-order valence-electron chi connectivity index (χ1n) is 6.36. The molecule has 3 rings (SSSR count). The van der Waals surface area contributed by atoms with E-state index in [0.29, 0.717) is 18.4 Å². The number of nitrogens with zero attached hydrogens (tertiary/aromatic N) is 2. The maximum atomic E-state index is 12.5. The number of H-pyrrole nitrogens is 1. The van der Waals surface area contributed by atoms with Crippen molar-refractivity contribution in [1.82, 2.24) is 19.8 Å². The number of sulfonamides is 1. The second kappa shape index (κ2) is 4.32. The molecule has 1 aromatic rings. The molecule has 3 heterocycles. The highest BCUT2D eigenvalue weighted by Crippen LogP contribution is 2.37. The van der Waals surface area contributed by atoms with E-state index in [2.05, 4.69) is 22.4 Å². The zero-order valence-electron chi connectivity index (χ0n) is 10.3. The van der Waals surface area contributed by atoms with Gasteiger partial charge in [-0.05, 0) is 37.4 Å². The van der Waals surface area contributed by atoms with E-state index in [0.717, 1.165) is 19.5 Å². The Morgan fingerprint density at radius 1 is 1.50 bits per heavy atom. The Morgan fingerprint density at radius 2 is 2.33 bits per heavy atom. The van der Waals surface area contributed by atoms with Gasteiger partial charge < -0.3 is 5.32 Å². The smallest absolute Gasteiger partial charge is 0.260 e. The molecule has 2 aliphatic rings. The molecule has 0 aliphatic carbocycles. The molecule has 2 fully saturated rings. The number of nitrogens with one attached hydrogen (secondary N) is 2. The van der Waals surface area contributed by atoms with Crippen LogP contribution in [0.15, 0.2) is 17.3 Å². The second-order valence-electron chi connectivity index (χ2n) is 5.05. The van der Waals surface area contributed by atoms with Crippen molar-refractivity contribution in [2.75, 3.05) is 19.6 Å². The van der Waals surface area contributed by atoms with Gasteiger partial charge in [-0.1, -0.05) is 6.92 Å². The van der Waals surface area contributed by atoms with Gasteiger partial charge in [-0.25, -0.2) is 8.42 Å². The predicted molar refractivity (Wildman–Crippen MR) is 66.4 cm³/mol. The van der Waals surface area contributed by atoms with Gasteiger partial charge in [0.2, 0.25) is 0 Å². The molecule has 6 nitrogen and oxygen atoms in total. The van der Waals surface area contributed by atoms with Gasteiger partial charge in [-0.2, -0.15) is 9.40 Å². The van der Waals surface area contributed by atoms with Crippen molar-refractivity contribution in [1.29, 1.82) is 0 Å². The quantitative estimate of drug-likeness (QED) is 0.812. The average molecular weight is 270 g/mol. The lowest BCUT2D eigenvalue weighted by atomic mass is 9.93. The number of rotatable bonds is 3. The van der Waals surface area contributed by atoms with Crippen LogP contribution in [0.3, 0.4) is 0 Å². The van der Waals surface area contributed by atoms with Crippen LogP contribution >= 0.6 is 0 Å². The maximum absolute atomic E-state index is 12.5. The fraction of sp³-hybridized carbons (Fsp3) is 0.727. The third-order valence-electron chi connectivity index (χ3n) is 4.15. The molecule has 3 atom stereocenters. The van der Waals surface area contributed by atoms with Crippen molar-refractivity contribution in [3.63, 3.8) is 0 Å². The van der Waals surface area contributed by atoms with Gasteiger partial charge in [0.05, 0.1) is 6.20 Å². The van der Waals surface area contributed by atoms with Gasteiger partial charge in [-0.15, -0.1) is 0 Å². The molecule has 0 aromatic carbocycles. The molecule has 100 valence electrons. The van der Waals surface area contributed by atoms with Crippen LogP contribution in [0, 0.1) is 11.8 Å². The van der Waals surface area contributed by atoms with Crippen LogP contribution in [-0.2, 0) is 10.0 Å². The molecule has 2 aliphatic heterocycles.